The van der Waals surface area contributed by atoms with Crippen LogP contribution >= 0.6 is 0 Å². The van der Waals surface area contributed by atoms with Crippen molar-refractivity contribution in [3.8, 4) is 5.88 Å². The highest BCUT2D eigenvalue weighted by Crippen LogP contribution is 2.24. The van der Waals surface area contributed by atoms with Gasteiger partial charge in [0.1, 0.15) is 0 Å². The predicted octanol–water partition coefficient (Wildman–Crippen LogP) is 1.35. The molecule has 0 fully saturated rings. The Labute approximate surface area is 94.0 Å². The number of ether oxygens (including phenoxy) is 1. The molecule has 5 nitrogen and oxygen atoms in total. The summed E-state index contributed by atoms with van der Waals surface area (Å²) < 4.78 is 53.4. The smallest absolute Gasteiger partial charge is 0.340 e. The summed E-state index contributed by atoms with van der Waals surface area (Å²) in [5.41, 5.74) is 2.40. The average Bonchev–Trinajstić information content (AvgIpc) is 2.28. The van der Waals surface area contributed by atoms with Gasteiger partial charge in [-0.3, -0.25) is 5.43 Å². The Bertz CT molecular complexity index is 388. The fraction of sp³-hybridized carbons (Fsp3) is 0.500. The second-order valence-corrected chi connectivity index (χ2v) is 3.18. The molecule has 1 aromatic heterocycles. The highest BCUT2D eigenvalue weighted by molar-refractivity contribution is 5.31. The van der Waals surface area contributed by atoms with E-state index in [1.807, 2.05) is 0 Å². The second kappa shape index (κ2) is 5.13. The lowest BCUT2D eigenvalue weighted by Crippen LogP contribution is -2.34. The summed E-state index contributed by atoms with van der Waals surface area (Å²) in [6, 6.07) is 0. The first kappa shape index (κ1) is 13.4. The minimum absolute atomic E-state index is 0.0639. The standard InChI is InChI=1S/C8H10F4N4O/c1-4-2-14-7(16-13)15-5(4)17-3-8(11,12)6(9)10/h2,6H,3,13H2,1H3,(H,14,15,16). The van der Waals surface area contributed by atoms with E-state index in [1.54, 1.807) is 0 Å². The Hall–Kier alpha value is -1.64. The SMILES string of the molecule is Cc1cnc(NN)nc1OCC(F)(F)C(F)F. The number of nitrogens with two attached hydrogens (primary N) is 1. The number of aryl methyl sites for hydroxylation is 1. The number of alkyl halides is 4. The number of nitrogens with one attached hydrogen (secondary N) is 1. The van der Waals surface area contributed by atoms with Gasteiger partial charge < -0.3 is 4.74 Å². The Morgan fingerprint density at radius 3 is 2.71 bits per heavy atom. The topological polar surface area (TPSA) is 73.1 Å². The van der Waals surface area contributed by atoms with Crippen LogP contribution in [0.1, 0.15) is 5.56 Å². The molecule has 0 unspecified atom stereocenters. The number of anilines is 1. The zero-order valence-electron chi connectivity index (χ0n) is 8.75. The normalized spacial score (nSPS) is 11.7. The molecule has 0 bridgehead atoms. The van der Waals surface area contributed by atoms with Crippen molar-refractivity contribution in [2.24, 2.45) is 5.84 Å². The lowest BCUT2D eigenvalue weighted by atomic mass is 10.3. The van der Waals surface area contributed by atoms with Crippen LogP contribution in [-0.2, 0) is 0 Å². The molecule has 0 spiro atoms. The number of nitrogens with zero attached hydrogens (tertiary/aromatic N) is 2. The molecule has 1 aromatic rings. The molecule has 0 aromatic carbocycles. The van der Waals surface area contributed by atoms with E-state index in [9.17, 15) is 17.6 Å². The Morgan fingerprint density at radius 2 is 2.18 bits per heavy atom. The molecule has 17 heavy (non-hydrogen) atoms. The van der Waals surface area contributed by atoms with Crippen LogP contribution in [0, 0.1) is 6.92 Å². The van der Waals surface area contributed by atoms with Crippen molar-refractivity contribution in [3.63, 3.8) is 0 Å². The van der Waals surface area contributed by atoms with E-state index in [0.717, 1.165) is 0 Å². The minimum atomic E-state index is -4.23. The number of aromatic nitrogens is 2. The molecule has 0 aliphatic heterocycles. The van der Waals surface area contributed by atoms with Gasteiger partial charge in [0.2, 0.25) is 11.8 Å². The van der Waals surface area contributed by atoms with Crippen molar-refractivity contribution in [3.05, 3.63) is 11.8 Å². The highest BCUT2D eigenvalue weighted by Gasteiger charge is 2.42. The molecule has 1 heterocycles. The molecular weight excluding hydrogens is 244 g/mol. The summed E-state index contributed by atoms with van der Waals surface area (Å²) in [7, 11) is 0. The monoisotopic (exact) mass is 254 g/mol. The van der Waals surface area contributed by atoms with E-state index in [2.05, 4.69) is 20.1 Å². The molecule has 0 saturated carbocycles. The fourth-order valence-electron chi connectivity index (χ4n) is 0.870. The maximum Gasteiger partial charge on any atom is 0.340 e. The van der Waals surface area contributed by atoms with E-state index in [4.69, 9.17) is 5.84 Å². The molecule has 1 rings (SSSR count). The van der Waals surface area contributed by atoms with Crippen LogP contribution in [0.3, 0.4) is 0 Å². The summed E-state index contributed by atoms with van der Waals surface area (Å²) in [5, 5.41) is 0. The molecule has 3 N–H and O–H groups in total. The highest BCUT2D eigenvalue weighted by atomic mass is 19.3. The average molecular weight is 254 g/mol. The van der Waals surface area contributed by atoms with Gasteiger partial charge in [0.05, 0.1) is 0 Å². The van der Waals surface area contributed by atoms with Crippen molar-refractivity contribution >= 4 is 5.95 Å². The first-order valence-corrected chi connectivity index (χ1v) is 4.46. The summed E-state index contributed by atoms with van der Waals surface area (Å²) in [6.07, 6.45) is -2.53. The largest absolute Gasteiger partial charge is 0.471 e. The van der Waals surface area contributed by atoms with Gasteiger partial charge >= 0.3 is 12.3 Å². The van der Waals surface area contributed by atoms with Crippen molar-refractivity contribution in [1.29, 1.82) is 0 Å². The number of rotatable bonds is 5. The first-order valence-electron chi connectivity index (χ1n) is 4.46. The lowest BCUT2D eigenvalue weighted by molar-refractivity contribution is -0.148. The van der Waals surface area contributed by atoms with Crippen LogP contribution in [0.2, 0.25) is 0 Å². The quantitative estimate of drug-likeness (QED) is 0.471. The van der Waals surface area contributed by atoms with Crippen LogP contribution in [-0.4, -0.2) is 28.9 Å². The number of hydrazine groups is 1. The molecule has 9 heteroatoms. The third-order valence-electron chi connectivity index (χ3n) is 1.77. The molecule has 0 saturated heterocycles. The van der Waals surface area contributed by atoms with Gasteiger partial charge in [-0.1, -0.05) is 0 Å². The third-order valence-corrected chi connectivity index (χ3v) is 1.77. The zero-order valence-corrected chi connectivity index (χ0v) is 8.75. The van der Waals surface area contributed by atoms with E-state index >= 15 is 0 Å². The number of halogens is 4. The van der Waals surface area contributed by atoms with Crippen molar-refractivity contribution < 1.29 is 22.3 Å². The molecule has 0 aliphatic carbocycles. The summed E-state index contributed by atoms with van der Waals surface area (Å²) in [4.78, 5) is 7.28. The Morgan fingerprint density at radius 1 is 1.53 bits per heavy atom. The van der Waals surface area contributed by atoms with Crippen LogP contribution < -0.4 is 16.0 Å². The van der Waals surface area contributed by atoms with Gasteiger partial charge in [0, 0.05) is 11.8 Å². The molecule has 96 valence electrons. The Balaban J connectivity index is 2.75. The maximum atomic E-state index is 12.6. The van der Waals surface area contributed by atoms with Crippen LogP contribution in [0.15, 0.2) is 6.20 Å². The first-order chi connectivity index (χ1) is 7.86. The summed E-state index contributed by atoms with van der Waals surface area (Å²) >= 11 is 0. The molecule has 0 aliphatic rings. The summed E-state index contributed by atoms with van der Waals surface area (Å²) in [5.74, 6) is 0.479. The van der Waals surface area contributed by atoms with Crippen LogP contribution in [0.5, 0.6) is 5.88 Å². The van der Waals surface area contributed by atoms with Gasteiger partial charge in [-0.05, 0) is 6.92 Å². The Kier molecular flexibility index (Phi) is 4.05. The van der Waals surface area contributed by atoms with E-state index in [0.29, 0.717) is 5.56 Å². The van der Waals surface area contributed by atoms with Crippen LogP contribution in [0.25, 0.3) is 0 Å². The second-order valence-electron chi connectivity index (χ2n) is 3.18. The van der Waals surface area contributed by atoms with E-state index < -0.39 is 19.0 Å². The number of hydrogen-bond donors (Lipinski definition) is 2. The van der Waals surface area contributed by atoms with E-state index in [-0.39, 0.29) is 11.8 Å². The zero-order chi connectivity index (χ0) is 13.1. The molecular formula is C8H10F4N4O. The fourth-order valence-corrected chi connectivity index (χ4v) is 0.870. The van der Waals surface area contributed by atoms with Gasteiger partial charge in [0.15, 0.2) is 6.61 Å². The van der Waals surface area contributed by atoms with Gasteiger partial charge in [-0.2, -0.15) is 13.8 Å². The maximum absolute atomic E-state index is 12.6. The van der Waals surface area contributed by atoms with Gasteiger partial charge in [-0.15, -0.1) is 0 Å². The van der Waals surface area contributed by atoms with Crippen LogP contribution in [0.4, 0.5) is 23.5 Å². The summed E-state index contributed by atoms with van der Waals surface area (Å²) in [6.45, 7) is 0.0165. The van der Waals surface area contributed by atoms with Gasteiger partial charge in [0.25, 0.3) is 0 Å². The third kappa shape index (κ3) is 3.41. The van der Waals surface area contributed by atoms with Crippen molar-refractivity contribution in [1.82, 2.24) is 9.97 Å². The van der Waals surface area contributed by atoms with Crippen molar-refractivity contribution in [2.45, 2.75) is 19.3 Å². The minimum Gasteiger partial charge on any atom is -0.471 e. The van der Waals surface area contributed by atoms with Gasteiger partial charge in [-0.25, -0.2) is 19.6 Å². The molecule has 0 amide bonds. The molecule has 0 radical (unpaired) electrons. The van der Waals surface area contributed by atoms with Crippen molar-refractivity contribution in [2.75, 3.05) is 12.0 Å². The van der Waals surface area contributed by atoms with E-state index in [1.165, 1.54) is 13.1 Å². The predicted molar refractivity (Wildman–Crippen MR) is 51.0 cm³/mol. The number of nitrogen functional groups attached to an aromatic ring is 1. The molecule has 0 atom stereocenters. The lowest BCUT2D eigenvalue weighted by Gasteiger charge is -2.16. The number of hydrogen-bond acceptors (Lipinski definition) is 5.